The van der Waals surface area contributed by atoms with Crippen LogP contribution in [0.25, 0.3) is 0 Å². The van der Waals surface area contributed by atoms with Crippen LogP contribution in [0.1, 0.15) is 20.3 Å². The third-order valence-electron chi connectivity index (χ3n) is 3.27. The molecule has 0 aromatic heterocycles. The van der Waals surface area contributed by atoms with Gasteiger partial charge in [-0.25, -0.2) is 8.93 Å². The second-order valence-electron chi connectivity index (χ2n) is 5.27. The van der Waals surface area contributed by atoms with E-state index in [0.717, 1.165) is 16.2 Å². The minimum absolute atomic E-state index is 0.254. The van der Waals surface area contributed by atoms with Crippen LogP contribution in [0.15, 0.2) is 64.2 Å². The normalized spacial score (nSPS) is 14.3. The van der Waals surface area contributed by atoms with E-state index in [4.69, 9.17) is 4.18 Å². The molecule has 27 heavy (non-hydrogen) atoms. The summed E-state index contributed by atoms with van der Waals surface area (Å²) in [5.41, 5.74) is 1.87. The number of rotatable bonds is 13. The summed E-state index contributed by atoms with van der Waals surface area (Å²) < 4.78 is 18.5. The number of nitrogens with one attached hydrogen (secondary N) is 1. The third kappa shape index (κ3) is 11.6. The molecule has 6 nitrogen and oxygen atoms in total. The number of likely N-dealkylation sites (N-methyl/N-ethyl adjacent to an activating group) is 1. The Balaban J connectivity index is 5.01. The van der Waals surface area contributed by atoms with E-state index >= 15 is 0 Å². The fourth-order valence-electron chi connectivity index (χ4n) is 1.69. The molecule has 0 rings (SSSR count). The van der Waals surface area contributed by atoms with Crippen LogP contribution in [0.3, 0.4) is 0 Å². The van der Waals surface area contributed by atoms with E-state index in [-0.39, 0.29) is 12.5 Å². The summed E-state index contributed by atoms with van der Waals surface area (Å²) in [5.74, 6) is 0.153. The van der Waals surface area contributed by atoms with E-state index in [1.54, 1.807) is 13.1 Å². The molecule has 0 saturated carbocycles. The Morgan fingerprint density at radius 1 is 1.41 bits per heavy atom. The van der Waals surface area contributed by atoms with E-state index in [1.165, 1.54) is 23.7 Å². The molecule has 1 atom stereocenters. The molecule has 0 aliphatic carbocycles. The number of nitrogens with zero attached hydrogens (tertiary/aromatic N) is 2. The van der Waals surface area contributed by atoms with Crippen molar-refractivity contribution in [2.75, 3.05) is 26.6 Å². The first-order valence-electron chi connectivity index (χ1n) is 8.26. The highest BCUT2D eigenvalue weighted by Gasteiger charge is 2.13. The van der Waals surface area contributed by atoms with Crippen LogP contribution in [0.5, 0.6) is 0 Å². The van der Waals surface area contributed by atoms with Gasteiger partial charge >= 0.3 is 0 Å². The summed E-state index contributed by atoms with van der Waals surface area (Å²) in [5, 5.41) is 0. The third-order valence-corrected chi connectivity index (χ3v) is 5.24. The summed E-state index contributed by atoms with van der Waals surface area (Å²) in [7, 11) is 3.16. The molecule has 1 amide bonds. The Morgan fingerprint density at radius 2 is 2.11 bits per heavy atom. The zero-order chi connectivity index (χ0) is 20.7. The first kappa shape index (κ1) is 25.3. The molecule has 0 saturated heterocycles. The monoisotopic (exact) mass is 411 g/mol. The van der Waals surface area contributed by atoms with Crippen LogP contribution in [0.2, 0.25) is 0 Å². The van der Waals surface area contributed by atoms with Crippen molar-refractivity contribution in [3.63, 3.8) is 0 Å². The lowest BCUT2D eigenvalue weighted by molar-refractivity contribution is -0.130. The number of carbonyl (C=O) groups is 1. The molecular formula is C19H29N3O3S2. The van der Waals surface area contributed by atoms with Gasteiger partial charge < -0.3 is 4.90 Å². The van der Waals surface area contributed by atoms with Gasteiger partial charge in [-0.2, -0.15) is 0 Å². The van der Waals surface area contributed by atoms with Crippen molar-refractivity contribution >= 4 is 35.7 Å². The number of hydrogen-bond donors (Lipinski definition) is 1. The standard InChI is InChI=1S/C19H29N3O3S2/c1-7-9-10-12-17(11-8-2)13-18(16(3)20-4)26-15-22(6)19(23)14-25-27(24)21-5/h7-12,21H,2,4,13-15H2,1,3,5-6H3/b9-7-,12-10-,17-11+,18-16-. The minimum atomic E-state index is -1.67. The Kier molecular flexibility index (Phi) is 14.3. The van der Waals surface area contributed by atoms with Gasteiger partial charge in [0.25, 0.3) is 5.91 Å². The lowest BCUT2D eigenvalue weighted by Gasteiger charge is -2.18. The van der Waals surface area contributed by atoms with Crippen molar-refractivity contribution < 1.29 is 13.2 Å². The molecule has 0 radical (unpaired) electrons. The lowest BCUT2D eigenvalue weighted by Crippen LogP contribution is -2.31. The summed E-state index contributed by atoms with van der Waals surface area (Å²) >= 11 is -0.166. The smallest absolute Gasteiger partial charge is 0.250 e. The van der Waals surface area contributed by atoms with Crippen LogP contribution in [0, 0.1) is 0 Å². The maximum atomic E-state index is 12.0. The molecule has 0 aliphatic heterocycles. The Hall–Kier alpha value is -1.74. The molecule has 0 spiro atoms. The largest absolute Gasteiger partial charge is 0.334 e. The molecule has 0 aromatic rings. The van der Waals surface area contributed by atoms with Crippen molar-refractivity contribution in [2.45, 2.75) is 20.3 Å². The highest BCUT2D eigenvalue weighted by Crippen LogP contribution is 2.28. The van der Waals surface area contributed by atoms with E-state index in [2.05, 4.69) is 23.0 Å². The van der Waals surface area contributed by atoms with Gasteiger partial charge in [0.15, 0.2) is 0 Å². The highest BCUT2D eigenvalue weighted by molar-refractivity contribution is 8.03. The fourth-order valence-corrected chi connectivity index (χ4v) is 3.05. The van der Waals surface area contributed by atoms with E-state index in [0.29, 0.717) is 12.3 Å². The van der Waals surface area contributed by atoms with E-state index in [1.807, 2.05) is 44.2 Å². The number of hydrogen-bond acceptors (Lipinski definition) is 5. The number of allylic oxidation sites excluding steroid dienone is 9. The first-order chi connectivity index (χ1) is 12.9. The second-order valence-corrected chi connectivity index (χ2v) is 7.42. The van der Waals surface area contributed by atoms with Gasteiger partial charge in [0, 0.05) is 24.1 Å². The quantitative estimate of drug-likeness (QED) is 0.286. The fraction of sp³-hybridized carbons (Fsp3) is 0.368. The maximum Gasteiger partial charge on any atom is 0.250 e. The topological polar surface area (TPSA) is 71.0 Å². The Labute approximate surface area is 169 Å². The molecular weight excluding hydrogens is 382 g/mol. The number of aliphatic imine (C=N–C) groups is 1. The van der Waals surface area contributed by atoms with Gasteiger partial charge in [-0.15, -0.1) is 11.8 Å². The zero-order valence-corrected chi connectivity index (χ0v) is 18.1. The van der Waals surface area contributed by atoms with E-state index < -0.39 is 11.3 Å². The number of carbonyl (C=O) groups excluding carboxylic acids is 1. The van der Waals surface area contributed by atoms with Gasteiger partial charge in [0.05, 0.1) is 5.88 Å². The van der Waals surface area contributed by atoms with Crippen molar-refractivity contribution in [3.05, 3.63) is 59.2 Å². The minimum Gasteiger partial charge on any atom is -0.334 e. The average molecular weight is 412 g/mol. The van der Waals surface area contributed by atoms with E-state index in [9.17, 15) is 9.00 Å². The van der Waals surface area contributed by atoms with Gasteiger partial charge in [0.1, 0.15) is 6.61 Å². The van der Waals surface area contributed by atoms with Crippen molar-refractivity contribution in [1.29, 1.82) is 0 Å². The summed E-state index contributed by atoms with van der Waals surface area (Å²) in [4.78, 5) is 18.6. The summed E-state index contributed by atoms with van der Waals surface area (Å²) in [6.07, 6.45) is 12.2. The molecule has 8 heteroatoms. The molecule has 0 fully saturated rings. The molecule has 0 bridgehead atoms. The SMILES string of the molecule is C=C\C=C(/C=C\C=C/C)C/C(SCN(C)C(=O)COS(=O)NC)=C(\C)N=C. The maximum absolute atomic E-state index is 12.0. The van der Waals surface area contributed by atoms with Crippen LogP contribution >= 0.6 is 11.8 Å². The number of thioether (sulfide) groups is 1. The molecule has 150 valence electrons. The molecule has 1 unspecified atom stereocenters. The van der Waals surface area contributed by atoms with Crippen LogP contribution in [0.4, 0.5) is 0 Å². The van der Waals surface area contributed by atoms with Crippen molar-refractivity contribution in [3.8, 4) is 0 Å². The van der Waals surface area contributed by atoms with Gasteiger partial charge in [-0.05, 0) is 33.2 Å². The van der Waals surface area contributed by atoms with Gasteiger partial charge in [-0.3, -0.25) is 14.0 Å². The van der Waals surface area contributed by atoms with Gasteiger partial charge in [0.2, 0.25) is 11.3 Å². The molecule has 0 aromatic carbocycles. The number of amides is 1. The molecule has 0 heterocycles. The predicted octanol–water partition coefficient (Wildman–Crippen LogP) is 3.52. The summed E-state index contributed by atoms with van der Waals surface area (Å²) in [6.45, 7) is 10.9. The summed E-state index contributed by atoms with van der Waals surface area (Å²) in [6, 6.07) is 0. The van der Waals surface area contributed by atoms with Crippen LogP contribution in [-0.4, -0.2) is 48.3 Å². The molecule has 0 aliphatic rings. The molecule has 1 N–H and O–H groups in total. The van der Waals surface area contributed by atoms with Crippen molar-refractivity contribution in [2.24, 2.45) is 4.99 Å². The van der Waals surface area contributed by atoms with Crippen molar-refractivity contribution in [1.82, 2.24) is 9.62 Å². The Bertz CT molecular complexity index is 653. The van der Waals surface area contributed by atoms with Crippen LogP contribution < -0.4 is 4.72 Å². The highest BCUT2D eigenvalue weighted by atomic mass is 32.2. The second kappa shape index (κ2) is 15.3. The average Bonchev–Trinajstić information content (AvgIpc) is 2.67. The first-order valence-corrected chi connectivity index (χ1v) is 10.3. The van der Waals surface area contributed by atoms with Gasteiger partial charge in [-0.1, -0.05) is 43.0 Å². The lowest BCUT2D eigenvalue weighted by atomic mass is 10.1. The van der Waals surface area contributed by atoms with Crippen LogP contribution in [-0.2, 0) is 20.2 Å². The zero-order valence-electron chi connectivity index (χ0n) is 16.4. The Morgan fingerprint density at radius 3 is 2.67 bits per heavy atom. The predicted molar refractivity (Wildman–Crippen MR) is 117 cm³/mol.